The molecule has 0 saturated carbocycles. The highest BCUT2D eigenvalue weighted by atomic mass is 19.4. The fourth-order valence-corrected chi connectivity index (χ4v) is 2.99. The van der Waals surface area contributed by atoms with E-state index in [0.29, 0.717) is 25.9 Å². The van der Waals surface area contributed by atoms with Crippen LogP contribution in [0.4, 0.5) is 18.9 Å². The lowest BCUT2D eigenvalue weighted by Crippen LogP contribution is -2.31. The molecule has 0 bridgehead atoms. The van der Waals surface area contributed by atoms with Crippen LogP contribution in [-0.2, 0) is 20.9 Å². The van der Waals surface area contributed by atoms with Gasteiger partial charge in [-0.3, -0.25) is 14.8 Å². The van der Waals surface area contributed by atoms with Gasteiger partial charge in [0, 0.05) is 45.7 Å². The Morgan fingerprint density at radius 1 is 0.943 bits per heavy atom. The highest BCUT2D eigenvalue weighted by Gasteiger charge is 2.38. The number of hydrogen-bond acceptors (Lipinski definition) is 6. The van der Waals surface area contributed by atoms with Crippen LogP contribution in [0, 0.1) is 0 Å². The van der Waals surface area contributed by atoms with Gasteiger partial charge < -0.3 is 20.6 Å². The number of hydrogen-bond donors (Lipinski definition) is 4. The lowest BCUT2D eigenvalue weighted by molar-refractivity contribution is -0.192. The fraction of sp³-hybridized carbons (Fsp3) is 0.609. The Balaban J connectivity index is 0.00000143. The van der Waals surface area contributed by atoms with Crippen molar-refractivity contribution in [3.05, 3.63) is 29.8 Å². The van der Waals surface area contributed by atoms with Gasteiger partial charge in [0.1, 0.15) is 0 Å². The molecule has 1 aromatic rings. The van der Waals surface area contributed by atoms with Crippen LogP contribution >= 0.6 is 0 Å². The average Bonchev–Trinajstić information content (AvgIpc) is 2.80. The Hall–Kier alpha value is -2.86. The Morgan fingerprint density at radius 3 is 1.94 bits per heavy atom. The zero-order chi connectivity index (χ0) is 26.9. The van der Waals surface area contributed by atoms with Crippen molar-refractivity contribution in [1.29, 1.82) is 0 Å². The Labute approximate surface area is 204 Å². The minimum absolute atomic E-state index is 0.168. The molecule has 0 aliphatic heterocycles. The second kappa shape index (κ2) is 17.6. The van der Waals surface area contributed by atoms with E-state index in [1.165, 1.54) is 0 Å². The number of amides is 2. The summed E-state index contributed by atoms with van der Waals surface area (Å²) >= 11 is 0. The number of nitrogens with two attached hydrogens (primary N) is 1. The summed E-state index contributed by atoms with van der Waals surface area (Å²) in [6.45, 7) is 1.98. The van der Waals surface area contributed by atoms with E-state index in [0.717, 1.165) is 56.3 Å². The van der Waals surface area contributed by atoms with E-state index in [1.807, 2.05) is 19.0 Å². The van der Waals surface area contributed by atoms with Gasteiger partial charge in [-0.1, -0.05) is 25.0 Å². The number of anilines is 1. The van der Waals surface area contributed by atoms with E-state index in [2.05, 4.69) is 29.2 Å². The molecule has 12 heteroatoms. The molecule has 0 aliphatic rings. The molecule has 2 amide bonds. The number of rotatable bonds is 14. The molecule has 0 aromatic heterocycles. The Morgan fingerprint density at radius 2 is 1.49 bits per heavy atom. The summed E-state index contributed by atoms with van der Waals surface area (Å²) in [5.41, 5.74) is 9.49. The summed E-state index contributed by atoms with van der Waals surface area (Å²) in [5, 5.41) is 15.6. The van der Waals surface area contributed by atoms with Gasteiger partial charge in [0.15, 0.2) is 0 Å². The van der Waals surface area contributed by atoms with E-state index in [-0.39, 0.29) is 11.8 Å². The van der Waals surface area contributed by atoms with Crippen molar-refractivity contribution in [3.63, 3.8) is 0 Å². The van der Waals surface area contributed by atoms with Crippen LogP contribution in [0.2, 0.25) is 0 Å². The zero-order valence-corrected chi connectivity index (χ0v) is 20.3. The molecule has 1 aromatic carbocycles. The highest BCUT2D eigenvalue weighted by molar-refractivity contribution is 5.76. The number of carbonyl (C=O) groups excluding carboxylic acids is 2. The highest BCUT2D eigenvalue weighted by Crippen LogP contribution is 2.16. The maximum absolute atomic E-state index is 12.7. The van der Waals surface area contributed by atoms with Crippen molar-refractivity contribution >= 4 is 23.5 Å². The predicted octanol–water partition coefficient (Wildman–Crippen LogP) is 3.30. The molecule has 5 N–H and O–H groups in total. The third-order valence-corrected chi connectivity index (χ3v) is 4.97. The molecule has 0 radical (unpaired) electrons. The van der Waals surface area contributed by atoms with Crippen LogP contribution in [0.1, 0.15) is 56.9 Å². The standard InChI is InChI=1S/C21H36N4O3.C2HF3O2/c1-24(2)19-13-11-18(12-14-19)17-25(16-8-7-15-22)21(27)10-6-4-3-5-9-20(26)23-28;3-2(4,5)1(6)7/h11-14,28H,3-10,15-17,22H2,1-2H3,(H,23,26);(H,6,7). The summed E-state index contributed by atoms with van der Waals surface area (Å²) in [5.74, 6) is -2.95. The van der Waals surface area contributed by atoms with Crippen LogP contribution in [0.15, 0.2) is 24.3 Å². The van der Waals surface area contributed by atoms with Crippen molar-refractivity contribution < 1.29 is 37.9 Å². The quantitative estimate of drug-likeness (QED) is 0.173. The summed E-state index contributed by atoms with van der Waals surface area (Å²) < 4.78 is 31.7. The van der Waals surface area contributed by atoms with Gasteiger partial charge in [0.05, 0.1) is 0 Å². The lowest BCUT2D eigenvalue weighted by atomic mass is 10.1. The van der Waals surface area contributed by atoms with Crippen molar-refractivity contribution in [2.24, 2.45) is 5.73 Å². The van der Waals surface area contributed by atoms with E-state index < -0.39 is 12.1 Å². The molecule has 0 heterocycles. The number of halogens is 3. The normalized spacial score (nSPS) is 10.7. The number of carboxylic acid groups (broad SMARTS) is 1. The van der Waals surface area contributed by atoms with Crippen LogP contribution in [0.25, 0.3) is 0 Å². The average molecular weight is 507 g/mol. The topological polar surface area (TPSA) is 136 Å². The molecule has 200 valence electrons. The second-order valence-electron chi connectivity index (χ2n) is 8.12. The first kappa shape index (κ1) is 32.1. The summed E-state index contributed by atoms with van der Waals surface area (Å²) in [4.78, 5) is 36.5. The molecule has 0 atom stereocenters. The molecule has 0 fully saturated rings. The number of nitrogens with zero attached hydrogens (tertiary/aromatic N) is 2. The van der Waals surface area contributed by atoms with Crippen molar-refractivity contribution in [3.8, 4) is 0 Å². The Kier molecular flexibility index (Phi) is 16.1. The van der Waals surface area contributed by atoms with Gasteiger partial charge >= 0.3 is 12.1 Å². The number of carbonyl (C=O) groups is 3. The van der Waals surface area contributed by atoms with Gasteiger partial charge in [-0.2, -0.15) is 13.2 Å². The fourth-order valence-electron chi connectivity index (χ4n) is 2.99. The predicted molar refractivity (Wildman–Crippen MR) is 126 cm³/mol. The minimum atomic E-state index is -5.08. The number of aliphatic carboxylic acids is 1. The molecular formula is C23H37F3N4O5. The van der Waals surface area contributed by atoms with Crippen LogP contribution in [0.5, 0.6) is 0 Å². The van der Waals surface area contributed by atoms with Gasteiger partial charge in [-0.05, 0) is 49.9 Å². The van der Waals surface area contributed by atoms with E-state index in [1.54, 1.807) is 5.48 Å². The molecule has 0 saturated heterocycles. The first-order chi connectivity index (χ1) is 16.4. The number of alkyl halides is 3. The summed E-state index contributed by atoms with van der Waals surface area (Å²) in [7, 11) is 4.02. The second-order valence-corrected chi connectivity index (χ2v) is 8.12. The maximum atomic E-state index is 12.7. The molecule has 9 nitrogen and oxygen atoms in total. The van der Waals surface area contributed by atoms with Gasteiger partial charge in [-0.25, -0.2) is 10.3 Å². The van der Waals surface area contributed by atoms with Gasteiger partial charge in [-0.15, -0.1) is 0 Å². The molecule has 0 unspecified atom stereocenters. The first-order valence-corrected chi connectivity index (χ1v) is 11.4. The SMILES string of the molecule is CN(C)c1ccc(CN(CCCCN)C(=O)CCCCCCC(=O)NO)cc1.O=C(O)C(F)(F)F. The maximum Gasteiger partial charge on any atom is 0.490 e. The van der Waals surface area contributed by atoms with E-state index in [9.17, 15) is 22.8 Å². The monoisotopic (exact) mass is 506 g/mol. The smallest absolute Gasteiger partial charge is 0.475 e. The number of hydroxylamine groups is 1. The number of benzene rings is 1. The van der Waals surface area contributed by atoms with Crippen molar-refractivity contribution in [1.82, 2.24) is 10.4 Å². The summed E-state index contributed by atoms with van der Waals surface area (Å²) in [6, 6.07) is 8.29. The van der Waals surface area contributed by atoms with Crippen LogP contribution < -0.4 is 16.1 Å². The van der Waals surface area contributed by atoms with Crippen molar-refractivity contribution in [2.45, 2.75) is 64.1 Å². The third-order valence-electron chi connectivity index (χ3n) is 4.97. The summed E-state index contributed by atoms with van der Waals surface area (Å²) in [6.07, 6.45) is 0.887. The number of unbranched alkanes of at least 4 members (excludes halogenated alkanes) is 4. The van der Waals surface area contributed by atoms with Crippen LogP contribution in [0.3, 0.4) is 0 Å². The first-order valence-electron chi connectivity index (χ1n) is 11.4. The molecule has 35 heavy (non-hydrogen) atoms. The minimum Gasteiger partial charge on any atom is -0.475 e. The van der Waals surface area contributed by atoms with Crippen molar-refractivity contribution in [2.75, 3.05) is 32.1 Å². The largest absolute Gasteiger partial charge is 0.490 e. The molecular weight excluding hydrogens is 469 g/mol. The lowest BCUT2D eigenvalue weighted by Gasteiger charge is -2.23. The van der Waals surface area contributed by atoms with Crippen LogP contribution in [-0.4, -0.2) is 66.4 Å². The molecule has 0 aliphatic carbocycles. The zero-order valence-electron chi connectivity index (χ0n) is 20.3. The van der Waals surface area contributed by atoms with Gasteiger partial charge in [0.25, 0.3) is 0 Å². The van der Waals surface area contributed by atoms with E-state index in [4.69, 9.17) is 20.8 Å². The van der Waals surface area contributed by atoms with Gasteiger partial charge in [0.2, 0.25) is 11.8 Å². The third kappa shape index (κ3) is 15.6. The molecule has 0 spiro atoms. The Bertz CT molecular complexity index is 759. The number of nitrogens with one attached hydrogen (secondary N) is 1. The number of carboxylic acids is 1. The molecule has 1 rings (SSSR count). The van der Waals surface area contributed by atoms with E-state index >= 15 is 0 Å².